The zero-order valence-electron chi connectivity index (χ0n) is 18.5. The van der Waals surface area contributed by atoms with Crippen LogP contribution >= 0.6 is 0 Å². The topological polar surface area (TPSA) is 101 Å². The van der Waals surface area contributed by atoms with E-state index in [0.29, 0.717) is 24.8 Å². The highest BCUT2D eigenvalue weighted by atomic mass is 19.1. The molecule has 3 fully saturated rings. The predicted molar refractivity (Wildman–Crippen MR) is 109 cm³/mol. The molecular formula is C24H31FO6. The highest BCUT2D eigenvalue weighted by Crippen LogP contribution is 2.71. The second-order valence-electron chi connectivity index (χ2n) is 10.3. The van der Waals surface area contributed by atoms with Crippen LogP contribution in [-0.2, 0) is 19.1 Å². The van der Waals surface area contributed by atoms with E-state index in [-0.39, 0.29) is 18.1 Å². The van der Waals surface area contributed by atoms with Gasteiger partial charge in [-0.25, -0.2) is 4.39 Å². The van der Waals surface area contributed by atoms with Crippen LogP contribution in [0.2, 0.25) is 0 Å². The number of aliphatic hydroxyl groups is 2. The van der Waals surface area contributed by atoms with Crippen LogP contribution in [0.3, 0.4) is 0 Å². The van der Waals surface area contributed by atoms with E-state index in [1.165, 1.54) is 19.1 Å². The van der Waals surface area contributed by atoms with Crippen LogP contribution in [0.15, 0.2) is 23.8 Å². The molecule has 4 aliphatic carbocycles. The summed E-state index contributed by atoms with van der Waals surface area (Å²) in [5.41, 5.74) is -5.10. The number of carbonyl (C=O) groups excluding carboxylic acids is 3. The van der Waals surface area contributed by atoms with E-state index in [0.717, 1.165) is 0 Å². The van der Waals surface area contributed by atoms with Gasteiger partial charge in [-0.1, -0.05) is 25.5 Å². The van der Waals surface area contributed by atoms with E-state index in [4.69, 9.17) is 4.74 Å². The predicted octanol–water partition coefficient (Wildman–Crippen LogP) is 2.47. The Bertz CT molecular complexity index is 910. The van der Waals surface area contributed by atoms with Gasteiger partial charge in [0, 0.05) is 29.6 Å². The van der Waals surface area contributed by atoms with Gasteiger partial charge < -0.3 is 14.9 Å². The first-order chi connectivity index (χ1) is 14.4. The summed E-state index contributed by atoms with van der Waals surface area (Å²) in [7, 11) is 0. The fourth-order valence-corrected chi connectivity index (χ4v) is 7.74. The first kappa shape index (κ1) is 22.3. The number of allylic oxidation sites excluding steroid dienone is 4. The maximum absolute atomic E-state index is 17.1. The van der Waals surface area contributed by atoms with E-state index >= 15 is 4.39 Å². The van der Waals surface area contributed by atoms with Crippen molar-refractivity contribution in [2.75, 3.05) is 6.61 Å². The van der Waals surface area contributed by atoms with Crippen LogP contribution in [0.5, 0.6) is 0 Å². The molecule has 0 heterocycles. The van der Waals surface area contributed by atoms with Gasteiger partial charge in [-0.05, 0) is 50.7 Å². The third-order valence-electron chi connectivity index (χ3n) is 9.04. The number of ketones is 2. The maximum atomic E-state index is 17.1. The molecular weight excluding hydrogens is 403 g/mol. The standard InChI is InChI=1S/C24H31FO6/c1-13-9-18-17-6-5-15-10-16(28)7-8-21(15,3)23(17,25)19(29)11-22(18,4)24(13,20(30)12-26)31-14(2)27/h7-8,10,13,17-19,26,29H,5-6,9,11-12H2,1-4H3/t13-,17-,18-,19+,21+,22+,23+,24+/m1/s1. The van der Waals surface area contributed by atoms with Crippen molar-refractivity contribution in [3.05, 3.63) is 23.8 Å². The second-order valence-corrected chi connectivity index (χ2v) is 10.3. The van der Waals surface area contributed by atoms with Gasteiger partial charge in [0.1, 0.15) is 6.61 Å². The number of hydrogen-bond donors (Lipinski definition) is 2. The first-order valence-electron chi connectivity index (χ1n) is 11.0. The monoisotopic (exact) mass is 434 g/mol. The smallest absolute Gasteiger partial charge is 0.303 e. The molecule has 0 spiro atoms. The minimum Gasteiger partial charge on any atom is -0.450 e. The van der Waals surface area contributed by atoms with Crippen molar-refractivity contribution in [2.45, 2.75) is 70.8 Å². The van der Waals surface area contributed by atoms with Gasteiger partial charge in [0.05, 0.1) is 6.10 Å². The van der Waals surface area contributed by atoms with Crippen molar-refractivity contribution in [3.8, 4) is 0 Å². The molecule has 0 radical (unpaired) electrons. The van der Waals surface area contributed by atoms with Gasteiger partial charge in [0.2, 0.25) is 5.78 Å². The molecule has 6 nitrogen and oxygen atoms in total. The Balaban J connectivity index is 1.86. The van der Waals surface area contributed by atoms with Crippen LogP contribution in [0, 0.1) is 28.6 Å². The highest BCUT2D eigenvalue weighted by Gasteiger charge is 2.77. The van der Waals surface area contributed by atoms with Crippen molar-refractivity contribution in [1.29, 1.82) is 0 Å². The largest absolute Gasteiger partial charge is 0.450 e. The summed E-state index contributed by atoms with van der Waals surface area (Å²) in [5, 5.41) is 21.1. The van der Waals surface area contributed by atoms with E-state index in [2.05, 4.69) is 0 Å². The van der Waals surface area contributed by atoms with Gasteiger partial charge in [-0.2, -0.15) is 0 Å². The number of rotatable bonds is 3. The van der Waals surface area contributed by atoms with Crippen molar-refractivity contribution in [2.24, 2.45) is 28.6 Å². The van der Waals surface area contributed by atoms with Crippen LogP contribution in [0.25, 0.3) is 0 Å². The van der Waals surface area contributed by atoms with Crippen molar-refractivity contribution in [3.63, 3.8) is 0 Å². The quantitative estimate of drug-likeness (QED) is 0.662. The lowest BCUT2D eigenvalue weighted by Crippen LogP contribution is -2.70. The molecule has 0 aromatic carbocycles. The summed E-state index contributed by atoms with van der Waals surface area (Å²) in [6, 6.07) is 0. The normalized spacial score (nSPS) is 48.4. The van der Waals surface area contributed by atoms with Crippen molar-refractivity contribution < 1.29 is 33.7 Å². The lowest BCUT2D eigenvalue weighted by molar-refractivity contribution is -0.227. The van der Waals surface area contributed by atoms with Crippen molar-refractivity contribution in [1.82, 2.24) is 0 Å². The summed E-state index contributed by atoms with van der Waals surface area (Å²) in [6.45, 7) is 5.74. The van der Waals surface area contributed by atoms with E-state index in [1.807, 2.05) is 0 Å². The first-order valence-corrected chi connectivity index (χ1v) is 11.0. The minimum atomic E-state index is -2.02. The Kier molecular flexibility index (Phi) is 4.91. The van der Waals surface area contributed by atoms with Crippen LogP contribution in [0.1, 0.15) is 53.4 Å². The number of esters is 1. The number of Topliss-reactive ketones (excluding diaryl/α,β-unsaturated/α-hetero) is 1. The molecule has 0 aromatic heterocycles. The molecule has 0 bridgehead atoms. The molecule has 0 unspecified atom stereocenters. The molecule has 0 saturated heterocycles. The Morgan fingerprint density at radius 3 is 2.58 bits per heavy atom. The zero-order chi connectivity index (χ0) is 23.0. The van der Waals surface area contributed by atoms with Crippen LogP contribution < -0.4 is 0 Å². The Morgan fingerprint density at radius 1 is 1.29 bits per heavy atom. The molecule has 4 rings (SSSR count). The van der Waals surface area contributed by atoms with Gasteiger partial charge in [0.25, 0.3) is 0 Å². The maximum Gasteiger partial charge on any atom is 0.303 e. The fourth-order valence-electron chi connectivity index (χ4n) is 7.74. The van der Waals surface area contributed by atoms with Crippen LogP contribution in [0.4, 0.5) is 4.39 Å². The molecule has 0 aliphatic heterocycles. The Labute approximate surface area is 181 Å². The Morgan fingerprint density at radius 2 is 1.97 bits per heavy atom. The molecule has 0 aromatic rings. The number of aliphatic hydroxyl groups excluding tert-OH is 2. The van der Waals surface area contributed by atoms with E-state index < -0.39 is 58.4 Å². The summed E-state index contributed by atoms with van der Waals surface area (Å²) < 4.78 is 22.8. The van der Waals surface area contributed by atoms with Gasteiger partial charge in [0.15, 0.2) is 17.1 Å². The molecule has 0 amide bonds. The van der Waals surface area contributed by atoms with Gasteiger partial charge in [-0.15, -0.1) is 0 Å². The highest BCUT2D eigenvalue weighted by molar-refractivity contribution is 6.01. The minimum absolute atomic E-state index is 0.0846. The summed E-state index contributed by atoms with van der Waals surface area (Å²) in [4.78, 5) is 37.0. The molecule has 8 atom stereocenters. The number of alkyl halides is 1. The summed E-state index contributed by atoms with van der Waals surface area (Å²) in [6.07, 6.45) is 4.29. The summed E-state index contributed by atoms with van der Waals surface area (Å²) in [5.74, 6) is -2.79. The lowest BCUT2D eigenvalue weighted by Gasteiger charge is -2.62. The molecule has 4 aliphatic rings. The average Bonchev–Trinajstić information content (AvgIpc) is 2.90. The van der Waals surface area contributed by atoms with E-state index in [9.17, 15) is 24.6 Å². The second kappa shape index (κ2) is 6.82. The van der Waals surface area contributed by atoms with Gasteiger partial charge >= 0.3 is 5.97 Å². The molecule has 2 N–H and O–H groups in total. The fraction of sp³-hybridized carbons (Fsp3) is 0.708. The molecule has 7 heteroatoms. The summed E-state index contributed by atoms with van der Waals surface area (Å²) >= 11 is 0. The third-order valence-corrected chi connectivity index (χ3v) is 9.04. The Hall–Kier alpha value is -1.86. The van der Waals surface area contributed by atoms with E-state index in [1.54, 1.807) is 26.8 Å². The van der Waals surface area contributed by atoms with Gasteiger partial charge in [-0.3, -0.25) is 14.4 Å². The number of fused-ring (bicyclic) bond motifs is 5. The number of hydrogen-bond acceptors (Lipinski definition) is 6. The average molecular weight is 435 g/mol. The SMILES string of the molecule is CC(=O)O[C@]1(C(=O)CO)[C@H](C)C[C@@H]2[C@H]3CCC4=CC(=O)C=C[C@]4(C)[C@@]3(F)[C@@H](O)C[C@@]21C. The molecule has 31 heavy (non-hydrogen) atoms. The zero-order valence-corrected chi connectivity index (χ0v) is 18.5. The third kappa shape index (κ3) is 2.53. The number of halogens is 1. The van der Waals surface area contributed by atoms with Crippen molar-refractivity contribution >= 4 is 17.5 Å². The lowest BCUT2D eigenvalue weighted by atomic mass is 9.44. The molecule has 3 saturated carbocycles. The number of carbonyl (C=O) groups is 3. The number of ether oxygens (including phenoxy) is 1. The molecule has 170 valence electrons. The van der Waals surface area contributed by atoms with Crippen LogP contribution in [-0.4, -0.2) is 51.7 Å².